The highest BCUT2D eigenvalue weighted by Gasteiger charge is 2.08. The van der Waals surface area contributed by atoms with E-state index >= 15 is 0 Å². The highest BCUT2D eigenvalue weighted by Crippen LogP contribution is 2.38. The molecule has 0 amide bonds. The maximum absolute atomic E-state index is 10.5. The lowest BCUT2D eigenvalue weighted by molar-refractivity contribution is -0.136. The Hall–Kier alpha value is -0.430. The summed E-state index contributed by atoms with van der Waals surface area (Å²) in [5, 5.41) is 7.72. The summed E-state index contributed by atoms with van der Waals surface area (Å²) in [4.78, 5) is 18.1. The SMILES string of the molecule is CCC(=O)O.CCP(=O)(O)CC.CCS(=O)(=O)O. The van der Waals surface area contributed by atoms with E-state index < -0.39 is 23.5 Å². The highest BCUT2D eigenvalue weighted by molar-refractivity contribution is 7.85. The molecule has 0 radical (unpaired) electrons. The summed E-state index contributed by atoms with van der Waals surface area (Å²) >= 11 is 0. The first-order valence-corrected chi connectivity index (χ1v) is 9.07. The lowest BCUT2D eigenvalue weighted by atomic mass is 10.5. The van der Waals surface area contributed by atoms with Crippen LogP contribution in [0.25, 0.3) is 0 Å². The molecule has 0 atom stereocenters. The molecule has 3 N–H and O–H groups in total. The van der Waals surface area contributed by atoms with E-state index in [0.717, 1.165) is 0 Å². The Bertz CT molecular complexity index is 342. The van der Waals surface area contributed by atoms with Crippen molar-refractivity contribution in [1.29, 1.82) is 0 Å². The van der Waals surface area contributed by atoms with Gasteiger partial charge in [-0.3, -0.25) is 13.9 Å². The van der Waals surface area contributed by atoms with E-state index in [-0.39, 0.29) is 12.2 Å². The molecule has 0 aliphatic rings. The van der Waals surface area contributed by atoms with Crippen molar-refractivity contribution in [3.8, 4) is 0 Å². The summed E-state index contributed by atoms with van der Waals surface area (Å²) < 4.78 is 37.4. The number of carboxylic acid groups (broad SMARTS) is 1. The average molecular weight is 306 g/mol. The normalized spacial score (nSPS) is 10.6. The summed E-state index contributed by atoms with van der Waals surface area (Å²) in [7, 11) is -6.32. The van der Waals surface area contributed by atoms with Crippen LogP contribution < -0.4 is 0 Å². The maximum atomic E-state index is 10.5. The van der Waals surface area contributed by atoms with Gasteiger partial charge in [0, 0.05) is 18.7 Å². The number of rotatable bonds is 4. The third kappa shape index (κ3) is 29.6. The topological polar surface area (TPSA) is 129 Å². The van der Waals surface area contributed by atoms with E-state index in [1.54, 1.807) is 20.8 Å². The predicted molar refractivity (Wildman–Crippen MR) is 70.9 cm³/mol. The summed E-state index contributed by atoms with van der Waals surface area (Å²) in [6, 6.07) is 0. The molecule has 112 valence electrons. The number of carbonyl (C=O) groups is 1. The smallest absolute Gasteiger partial charge is 0.303 e. The zero-order valence-electron chi connectivity index (χ0n) is 11.2. The van der Waals surface area contributed by atoms with E-state index in [9.17, 15) is 17.8 Å². The van der Waals surface area contributed by atoms with Gasteiger partial charge in [-0.1, -0.05) is 20.8 Å². The molecule has 0 saturated heterocycles. The van der Waals surface area contributed by atoms with Crippen molar-refractivity contribution in [1.82, 2.24) is 0 Å². The Morgan fingerprint density at radius 1 is 1.11 bits per heavy atom. The second-order valence-corrected chi connectivity index (χ2v) is 7.80. The van der Waals surface area contributed by atoms with Gasteiger partial charge in [-0.05, 0) is 6.92 Å². The zero-order valence-corrected chi connectivity index (χ0v) is 12.9. The molecule has 0 spiro atoms. The van der Waals surface area contributed by atoms with E-state index in [4.69, 9.17) is 14.6 Å². The van der Waals surface area contributed by atoms with Crippen molar-refractivity contribution >= 4 is 23.5 Å². The highest BCUT2D eigenvalue weighted by atomic mass is 32.2. The predicted octanol–water partition coefficient (Wildman–Crippen LogP) is 1.67. The van der Waals surface area contributed by atoms with E-state index in [1.165, 1.54) is 6.92 Å². The molecule has 9 heteroatoms. The van der Waals surface area contributed by atoms with E-state index in [0.29, 0.717) is 12.3 Å². The van der Waals surface area contributed by atoms with Crippen LogP contribution in [0.2, 0.25) is 0 Å². The van der Waals surface area contributed by atoms with Crippen LogP contribution >= 0.6 is 7.37 Å². The van der Waals surface area contributed by atoms with Gasteiger partial charge in [0.15, 0.2) is 7.37 Å². The van der Waals surface area contributed by atoms with Gasteiger partial charge in [-0.2, -0.15) is 8.42 Å². The van der Waals surface area contributed by atoms with Gasteiger partial charge >= 0.3 is 5.97 Å². The molecule has 0 aromatic rings. The summed E-state index contributed by atoms with van der Waals surface area (Å²) in [5.41, 5.74) is 0. The van der Waals surface area contributed by atoms with Gasteiger partial charge in [0.05, 0.1) is 5.75 Å². The molecule has 0 aliphatic heterocycles. The average Bonchev–Trinajstić information content (AvgIpc) is 2.29. The van der Waals surface area contributed by atoms with Crippen LogP contribution in [0.1, 0.15) is 34.1 Å². The van der Waals surface area contributed by atoms with Gasteiger partial charge < -0.3 is 10.00 Å². The maximum Gasteiger partial charge on any atom is 0.303 e. The lowest BCUT2D eigenvalue weighted by Gasteiger charge is -2.01. The van der Waals surface area contributed by atoms with Crippen LogP contribution in [-0.2, 0) is 19.5 Å². The monoisotopic (exact) mass is 306 g/mol. The molecule has 0 rings (SSSR count). The van der Waals surface area contributed by atoms with Gasteiger partial charge in [0.2, 0.25) is 0 Å². The van der Waals surface area contributed by atoms with Crippen LogP contribution in [0.15, 0.2) is 0 Å². The fraction of sp³-hybridized carbons (Fsp3) is 0.889. The van der Waals surface area contributed by atoms with Gasteiger partial charge in [0.25, 0.3) is 10.1 Å². The Morgan fingerprint density at radius 3 is 1.33 bits per heavy atom. The first-order valence-electron chi connectivity index (χ1n) is 5.43. The molecular weight excluding hydrogens is 283 g/mol. The Labute approximate surface area is 108 Å². The summed E-state index contributed by atoms with van der Waals surface area (Å²) in [6.07, 6.45) is 1.03. The molecule has 0 aromatic carbocycles. The molecule has 7 nitrogen and oxygen atoms in total. The minimum absolute atomic E-state index is 0.201. The van der Waals surface area contributed by atoms with Crippen LogP contribution in [-0.4, -0.2) is 47.0 Å². The fourth-order valence-electron chi connectivity index (χ4n) is 0.224. The molecule has 0 fully saturated rings. The second kappa shape index (κ2) is 11.6. The Morgan fingerprint density at radius 2 is 1.33 bits per heavy atom. The quantitative estimate of drug-likeness (QED) is 0.532. The lowest BCUT2D eigenvalue weighted by Crippen LogP contribution is -1.97. The van der Waals surface area contributed by atoms with Gasteiger partial charge in [0.1, 0.15) is 0 Å². The third-order valence-corrected chi connectivity index (χ3v) is 4.36. The number of hydrogen-bond acceptors (Lipinski definition) is 4. The second-order valence-electron chi connectivity index (χ2n) is 3.10. The van der Waals surface area contributed by atoms with Crippen LogP contribution in [0.3, 0.4) is 0 Å². The van der Waals surface area contributed by atoms with Crippen molar-refractivity contribution in [2.45, 2.75) is 34.1 Å². The summed E-state index contributed by atoms with van der Waals surface area (Å²) in [6.45, 7) is 6.42. The van der Waals surface area contributed by atoms with E-state index in [2.05, 4.69) is 0 Å². The van der Waals surface area contributed by atoms with Crippen molar-refractivity contribution < 1.29 is 32.3 Å². The van der Waals surface area contributed by atoms with Crippen LogP contribution in [0.4, 0.5) is 0 Å². The van der Waals surface area contributed by atoms with Crippen LogP contribution in [0, 0.1) is 0 Å². The van der Waals surface area contributed by atoms with Gasteiger partial charge in [-0.25, -0.2) is 0 Å². The van der Waals surface area contributed by atoms with Crippen molar-refractivity contribution in [2.75, 3.05) is 18.1 Å². The molecule has 0 aliphatic carbocycles. The number of hydrogen-bond donors (Lipinski definition) is 3. The first kappa shape index (κ1) is 22.7. The number of aliphatic carboxylic acids is 1. The largest absolute Gasteiger partial charge is 0.481 e. The molecule has 18 heavy (non-hydrogen) atoms. The van der Waals surface area contributed by atoms with Crippen molar-refractivity contribution in [3.05, 3.63) is 0 Å². The number of carboxylic acids is 1. The van der Waals surface area contributed by atoms with Crippen molar-refractivity contribution in [2.24, 2.45) is 0 Å². The Balaban J connectivity index is -0.000000190. The minimum atomic E-state index is -3.66. The van der Waals surface area contributed by atoms with Crippen LogP contribution in [0.5, 0.6) is 0 Å². The fourth-order valence-corrected chi connectivity index (χ4v) is 0.671. The Kier molecular flexibility index (Phi) is 14.7. The van der Waals surface area contributed by atoms with Crippen molar-refractivity contribution in [3.63, 3.8) is 0 Å². The third-order valence-electron chi connectivity index (χ3n) is 1.66. The molecule has 0 bridgehead atoms. The summed E-state index contributed by atoms with van der Waals surface area (Å²) in [5.74, 6) is -0.947. The standard InChI is InChI=1S/C4H11O2P.C3H6O2.C2H6O3S/c1-3-7(5,6)4-2;1-2-3(4)5;1-2-6(3,4)5/h3-4H2,1-2H3,(H,5,6);2H2,1H3,(H,4,5);2H2,1H3,(H,3,4,5). The molecular formula is C9H23O7PS. The molecule has 0 unspecified atom stereocenters. The molecule has 0 aromatic heterocycles. The molecule has 0 saturated carbocycles. The molecule has 0 heterocycles. The minimum Gasteiger partial charge on any atom is -0.481 e. The van der Waals surface area contributed by atoms with Gasteiger partial charge in [-0.15, -0.1) is 0 Å². The zero-order chi connectivity index (χ0) is 15.4. The van der Waals surface area contributed by atoms with E-state index in [1.807, 2.05) is 0 Å². The first-order chi connectivity index (χ1) is 7.95.